The van der Waals surface area contributed by atoms with Gasteiger partial charge in [0.2, 0.25) is 5.91 Å². The number of amides is 1. The zero-order valence-corrected chi connectivity index (χ0v) is 8.47. The van der Waals surface area contributed by atoms with Crippen LogP contribution in [0.3, 0.4) is 0 Å². The number of carbonyl (C=O) groups excluding carboxylic acids is 1. The van der Waals surface area contributed by atoms with Gasteiger partial charge in [-0.25, -0.2) is 0 Å². The van der Waals surface area contributed by atoms with Gasteiger partial charge in [-0.05, 0) is 18.2 Å². The molecule has 3 heteroatoms. The van der Waals surface area contributed by atoms with Crippen molar-refractivity contribution in [1.82, 2.24) is 0 Å². The van der Waals surface area contributed by atoms with Crippen LogP contribution in [0.5, 0.6) is 0 Å². The maximum absolute atomic E-state index is 11.0. The minimum Gasteiger partial charge on any atom is -0.325 e. The summed E-state index contributed by atoms with van der Waals surface area (Å²) in [6.07, 6.45) is 5.21. The van der Waals surface area contributed by atoms with Gasteiger partial charge in [-0.3, -0.25) is 4.79 Å². The molecule has 1 N–H and O–H groups in total. The first kappa shape index (κ1) is 9.82. The molecular formula is C10H8BrNO. The average molecular weight is 238 g/mol. The highest BCUT2D eigenvalue weighted by Gasteiger charge is 1.98. The van der Waals surface area contributed by atoms with Crippen molar-refractivity contribution in [3.63, 3.8) is 0 Å². The van der Waals surface area contributed by atoms with Crippen LogP contribution in [0.15, 0.2) is 24.3 Å². The van der Waals surface area contributed by atoms with Crippen LogP contribution < -0.4 is 5.32 Å². The van der Waals surface area contributed by atoms with E-state index in [2.05, 4.69) is 27.2 Å². The Balaban J connectivity index is 2.79. The first-order valence-electron chi connectivity index (χ1n) is 3.68. The van der Waals surface area contributed by atoms with Crippen molar-refractivity contribution in [3.05, 3.63) is 29.8 Å². The number of nitrogens with one attached hydrogen (secondary N) is 1. The van der Waals surface area contributed by atoms with E-state index in [1.165, 1.54) is 0 Å². The second-order valence-corrected chi connectivity index (χ2v) is 2.97. The number of hydrogen-bond acceptors (Lipinski definition) is 1. The second-order valence-electron chi connectivity index (χ2n) is 2.41. The Morgan fingerprint density at radius 1 is 1.62 bits per heavy atom. The number of alkyl halides is 1. The SMILES string of the molecule is C#Cc1cccc(NC(=O)CBr)c1. The summed E-state index contributed by atoms with van der Waals surface area (Å²) in [6.45, 7) is 0. The molecule has 2 nitrogen and oxygen atoms in total. The smallest absolute Gasteiger partial charge is 0.235 e. The molecule has 0 aliphatic rings. The molecule has 0 fully saturated rings. The predicted octanol–water partition coefficient (Wildman–Crippen LogP) is 2.00. The predicted molar refractivity (Wildman–Crippen MR) is 56.8 cm³/mol. The number of anilines is 1. The Labute approximate surface area is 85.5 Å². The Bertz CT molecular complexity index is 354. The largest absolute Gasteiger partial charge is 0.325 e. The normalized spacial score (nSPS) is 8.92. The van der Waals surface area contributed by atoms with E-state index >= 15 is 0 Å². The average Bonchev–Trinajstić information content (AvgIpc) is 2.18. The molecular weight excluding hydrogens is 230 g/mol. The maximum Gasteiger partial charge on any atom is 0.235 e. The molecule has 0 aliphatic heterocycles. The molecule has 0 aromatic heterocycles. The molecule has 13 heavy (non-hydrogen) atoms. The van der Waals surface area contributed by atoms with Gasteiger partial charge in [0.1, 0.15) is 0 Å². The zero-order chi connectivity index (χ0) is 9.68. The molecule has 0 bridgehead atoms. The van der Waals surface area contributed by atoms with Crippen LogP contribution in [0.25, 0.3) is 0 Å². The highest BCUT2D eigenvalue weighted by molar-refractivity contribution is 9.09. The van der Waals surface area contributed by atoms with Crippen LogP contribution in [0.4, 0.5) is 5.69 Å². The Morgan fingerprint density at radius 2 is 2.38 bits per heavy atom. The minimum atomic E-state index is -0.0887. The van der Waals surface area contributed by atoms with Crippen molar-refractivity contribution in [2.24, 2.45) is 0 Å². The fraction of sp³-hybridized carbons (Fsp3) is 0.100. The van der Waals surface area contributed by atoms with Gasteiger partial charge >= 0.3 is 0 Å². The van der Waals surface area contributed by atoms with E-state index in [0.717, 1.165) is 11.3 Å². The van der Waals surface area contributed by atoms with Crippen molar-refractivity contribution < 1.29 is 4.79 Å². The topological polar surface area (TPSA) is 29.1 Å². The number of halogens is 1. The second kappa shape index (κ2) is 4.68. The third kappa shape index (κ3) is 2.92. The van der Waals surface area contributed by atoms with Crippen LogP contribution in [-0.2, 0) is 4.79 Å². The van der Waals surface area contributed by atoms with Crippen LogP contribution in [0.2, 0.25) is 0 Å². The van der Waals surface area contributed by atoms with E-state index < -0.39 is 0 Å². The molecule has 0 spiro atoms. The van der Waals surface area contributed by atoms with Gasteiger partial charge in [-0.15, -0.1) is 6.42 Å². The molecule has 0 unspecified atom stereocenters. The monoisotopic (exact) mass is 237 g/mol. The Hall–Kier alpha value is -1.27. The minimum absolute atomic E-state index is 0.0887. The van der Waals surface area contributed by atoms with Gasteiger partial charge in [-0.1, -0.05) is 27.9 Å². The van der Waals surface area contributed by atoms with Crippen molar-refractivity contribution in [2.45, 2.75) is 0 Å². The molecule has 66 valence electrons. The molecule has 0 saturated heterocycles. The maximum atomic E-state index is 11.0. The molecule has 1 aromatic carbocycles. The van der Waals surface area contributed by atoms with E-state index in [1.807, 2.05) is 6.07 Å². The van der Waals surface area contributed by atoms with Gasteiger partial charge in [0.25, 0.3) is 0 Å². The molecule has 0 aliphatic carbocycles. The fourth-order valence-corrected chi connectivity index (χ4v) is 1.02. The zero-order valence-electron chi connectivity index (χ0n) is 6.88. The van der Waals surface area contributed by atoms with Crippen molar-refractivity contribution in [2.75, 3.05) is 10.6 Å². The summed E-state index contributed by atoms with van der Waals surface area (Å²) in [4.78, 5) is 11.0. The highest BCUT2D eigenvalue weighted by atomic mass is 79.9. The van der Waals surface area contributed by atoms with Crippen LogP contribution >= 0.6 is 15.9 Å². The third-order valence-electron chi connectivity index (χ3n) is 1.43. The van der Waals surface area contributed by atoms with Crippen LogP contribution in [0.1, 0.15) is 5.56 Å². The van der Waals surface area contributed by atoms with Gasteiger partial charge in [0, 0.05) is 11.3 Å². The Morgan fingerprint density at radius 3 is 3.00 bits per heavy atom. The van der Waals surface area contributed by atoms with E-state index in [1.54, 1.807) is 18.2 Å². The van der Waals surface area contributed by atoms with E-state index in [4.69, 9.17) is 6.42 Å². The lowest BCUT2D eigenvalue weighted by atomic mass is 10.2. The standard InChI is InChI=1S/C10H8BrNO/c1-2-8-4-3-5-9(6-8)12-10(13)7-11/h1,3-6H,7H2,(H,12,13). The van der Waals surface area contributed by atoms with Crippen molar-refractivity contribution in [1.29, 1.82) is 0 Å². The first-order chi connectivity index (χ1) is 6.26. The number of benzene rings is 1. The highest BCUT2D eigenvalue weighted by Crippen LogP contribution is 2.09. The van der Waals surface area contributed by atoms with Crippen molar-refractivity contribution in [3.8, 4) is 12.3 Å². The van der Waals surface area contributed by atoms with Gasteiger partial charge in [0.05, 0.1) is 5.33 Å². The molecule has 0 atom stereocenters. The summed E-state index contributed by atoms with van der Waals surface area (Å²) in [5.74, 6) is 2.41. The summed E-state index contributed by atoms with van der Waals surface area (Å²) in [5, 5.41) is 2.97. The lowest BCUT2D eigenvalue weighted by molar-refractivity contribution is -0.113. The number of terminal acetylenes is 1. The van der Waals surface area contributed by atoms with Crippen molar-refractivity contribution >= 4 is 27.5 Å². The molecule has 1 rings (SSSR count). The van der Waals surface area contributed by atoms with E-state index in [0.29, 0.717) is 0 Å². The molecule has 1 amide bonds. The lowest BCUT2D eigenvalue weighted by Crippen LogP contribution is -2.12. The molecule has 1 aromatic rings. The molecule has 0 saturated carbocycles. The first-order valence-corrected chi connectivity index (χ1v) is 4.81. The summed E-state index contributed by atoms with van der Waals surface area (Å²) in [7, 11) is 0. The number of rotatable bonds is 2. The third-order valence-corrected chi connectivity index (χ3v) is 1.94. The van der Waals surface area contributed by atoms with Gasteiger partial charge < -0.3 is 5.32 Å². The number of hydrogen-bond donors (Lipinski definition) is 1. The quantitative estimate of drug-likeness (QED) is 0.619. The summed E-state index contributed by atoms with van der Waals surface area (Å²) >= 11 is 3.06. The fourth-order valence-electron chi connectivity index (χ4n) is 0.881. The number of carbonyl (C=O) groups is 1. The van der Waals surface area contributed by atoms with Gasteiger partial charge in [-0.2, -0.15) is 0 Å². The van der Waals surface area contributed by atoms with Crippen LogP contribution in [-0.4, -0.2) is 11.2 Å². The molecule has 0 radical (unpaired) electrons. The van der Waals surface area contributed by atoms with E-state index in [-0.39, 0.29) is 11.2 Å². The lowest BCUT2D eigenvalue weighted by Gasteiger charge is -2.02. The molecule has 0 heterocycles. The van der Waals surface area contributed by atoms with Crippen LogP contribution in [0, 0.1) is 12.3 Å². The van der Waals surface area contributed by atoms with E-state index in [9.17, 15) is 4.79 Å². The van der Waals surface area contributed by atoms with Gasteiger partial charge in [0.15, 0.2) is 0 Å². The summed E-state index contributed by atoms with van der Waals surface area (Å²) in [6, 6.07) is 7.16. The Kier molecular flexibility index (Phi) is 3.53. The summed E-state index contributed by atoms with van der Waals surface area (Å²) < 4.78 is 0. The summed E-state index contributed by atoms with van der Waals surface area (Å²) in [5.41, 5.74) is 1.48.